The third-order valence-corrected chi connectivity index (χ3v) is 3.18. The summed E-state index contributed by atoms with van der Waals surface area (Å²) in [5.41, 5.74) is 0.217. The first-order chi connectivity index (χ1) is 9.60. The van der Waals surface area contributed by atoms with Crippen molar-refractivity contribution >= 4 is 35.1 Å². The van der Waals surface area contributed by atoms with Gasteiger partial charge in [0, 0.05) is 10.0 Å². The largest absolute Gasteiger partial charge is 0.480 e. The zero-order valence-corrected chi connectivity index (χ0v) is 11.9. The van der Waals surface area contributed by atoms with Gasteiger partial charge in [-0.25, -0.2) is 4.79 Å². The molecular formula is C12H10Cl2F3NO3. The van der Waals surface area contributed by atoms with E-state index in [1.165, 1.54) is 18.2 Å². The Bertz CT molecular complexity index is 529. The predicted molar refractivity (Wildman–Crippen MR) is 70.4 cm³/mol. The van der Waals surface area contributed by atoms with Crippen molar-refractivity contribution in [2.45, 2.75) is 25.1 Å². The summed E-state index contributed by atoms with van der Waals surface area (Å²) in [5.74, 6) is -2.69. The zero-order valence-electron chi connectivity index (χ0n) is 10.4. The first-order valence-corrected chi connectivity index (χ1v) is 6.37. The summed E-state index contributed by atoms with van der Waals surface area (Å²) in [6.45, 7) is 0. The van der Waals surface area contributed by atoms with Crippen molar-refractivity contribution in [3.8, 4) is 0 Å². The Labute approximate surface area is 127 Å². The highest BCUT2D eigenvalue weighted by Gasteiger charge is 2.36. The Morgan fingerprint density at radius 1 is 1.24 bits per heavy atom. The standard InChI is InChI=1S/C12H10Cl2F3NO3/c13-7-2-1-3-8(14)6(7)4-10(19)18-9(11(20)21)5-12(15,16)17/h1-3,9H,4-5H2,(H,18,19)(H,20,21). The van der Waals surface area contributed by atoms with Crippen LogP contribution >= 0.6 is 23.2 Å². The summed E-state index contributed by atoms with van der Waals surface area (Å²) >= 11 is 11.6. The Morgan fingerprint density at radius 2 is 1.76 bits per heavy atom. The van der Waals surface area contributed by atoms with Gasteiger partial charge in [0.05, 0.1) is 12.8 Å². The van der Waals surface area contributed by atoms with E-state index in [1.54, 1.807) is 5.32 Å². The summed E-state index contributed by atoms with van der Waals surface area (Å²) in [7, 11) is 0. The topological polar surface area (TPSA) is 66.4 Å². The van der Waals surface area contributed by atoms with Crippen molar-refractivity contribution in [1.29, 1.82) is 0 Å². The van der Waals surface area contributed by atoms with Gasteiger partial charge in [-0.3, -0.25) is 4.79 Å². The van der Waals surface area contributed by atoms with Gasteiger partial charge in [-0.1, -0.05) is 29.3 Å². The first-order valence-electron chi connectivity index (χ1n) is 5.62. The number of carbonyl (C=O) groups excluding carboxylic acids is 1. The average Bonchev–Trinajstić information content (AvgIpc) is 2.31. The van der Waals surface area contributed by atoms with Crippen molar-refractivity contribution in [3.63, 3.8) is 0 Å². The maximum absolute atomic E-state index is 12.2. The lowest BCUT2D eigenvalue weighted by Crippen LogP contribution is -2.44. The smallest absolute Gasteiger partial charge is 0.391 e. The van der Waals surface area contributed by atoms with Crippen LogP contribution in [0.25, 0.3) is 0 Å². The Balaban J connectivity index is 2.77. The minimum Gasteiger partial charge on any atom is -0.480 e. The van der Waals surface area contributed by atoms with Crippen LogP contribution in [-0.2, 0) is 16.0 Å². The first kappa shape index (κ1) is 17.6. The van der Waals surface area contributed by atoms with Crippen LogP contribution in [0.15, 0.2) is 18.2 Å². The maximum atomic E-state index is 12.2. The van der Waals surface area contributed by atoms with Crippen LogP contribution in [0.1, 0.15) is 12.0 Å². The summed E-state index contributed by atoms with van der Waals surface area (Å²) in [5, 5.41) is 10.8. The molecule has 0 saturated carbocycles. The van der Waals surface area contributed by atoms with E-state index >= 15 is 0 Å². The summed E-state index contributed by atoms with van der Waals surface area (Å²) in [4.78, 5) is 22.4. The molecule has 1 amide bonds. The molecule has 116 valence electrons. The quantitative estimate of drug-likeness (QED) is 0.863. The molecule has 0 aromatic heterocycles. The Hall–Kier alpha value is -1.47. The van der Waals surface area contributed by atoms with Crippen molar-refractivity contribution in [2.24, 2.45) is 0 Å². The second kappa shape index (κ2) is 7.00. The number of hydrogen-bond donors (Lipinski definition) is 2. The molecule has 0 aliphatic rings. The molecule has 1 aromatic rings. The fourth-order valence-corrected chi connectivity index (χ4v) is 2.07. The molecule has 1 aromatic carbocycles. The molecule has 0 fully saturated rings. The van der Waals surface area contributed by atoms with Crippen LogP contribution in [0.2, 0.25) is 10.0 Å². The van der Waals surface area contributed by atoms with E-state index in [1.807, 2.05) is 0 Å². The molecule has 2 N–H and O–H groups in total. The van der Waals surface area contributed by atoms with Crippen LogP contribution in [0.3, 0.4) is 0 Å². The minimum atomic E-state index is -4.71. The predicted octanol–water partition coefficient (Wildman–Crippen LogP) is 3.06. The number of carboxylic acids is 1. The fourth-order valence-electron chi connectivity index (χ4n) is 1.54. The Kier molecular flexibility index (Phi) is 5.86. The highest BCUT2D eigenvalue weighted by Crippen LogP contribution is 2.25. The molecule has 0 aliphatic carbocycles. The lowest BCUT2D eigenvalue weighted by molar-refractivity contribution is -0.159. The molecule has 21 heavy (non-hydrogen) atoms. The lowest BCUT2D eigenvalue weighted by atomic mass is 10.1. The molecule has 0 spiro atoms. The molecule has 9 heteroatoms. The highest BCUT2D eigenvalue weighted by atomic mass is 35.5. The molecule has 1 rings (SSSR count). The van der Waals surface area contributed by atoms with Gasteiger partial charge >= 0.3 is 12.1 Å². The number of hydrogen-bond acceptors (Lipinski definition) is 2. The van der Waals surface area contributed by atoms with Crippen LogP contribution in [-0.4, -0.2) is 29.2 Å². The van der Waals surface area contributed by atoms with E-state index in [2.05, 4.69) is 0 Å². The Morgan fingerprint density at radius 3 is 2.19 bits per heavy atom. The third-order valence-electron chi connectivity index (χ3n) is 2.47. The van der Waals surface area contributed by atoms with Gasteiger partial charge in [0.2, 0.25) is 5.91 Å². The molecule has 4 nitrogen and oxygen atoms in total. The molecular weight excluding hydrogens is 334 g/mol. The molecule has 1 unspecified atom stereocenters. The SMILES string of the molecule is O=C(Cc1c(Cl)cccc1Cl)NC(CC(F)(F)F)C(=O)O. The van der Waals surface area contributed by atoms with E-state index in [9.17, 15) is 22.8 Å². The number of nitrogens with one attached hydrogen (secondary N) is 1. The number of amides is 1. The van der Waals surface area contributed by atoms with Crippen molar-refractivity contribution in [1.82, 2.24) is 5.32 Å². The van der Waals surface area contributed by atoms with Crippen molar-refractivity contribution in [3.05, 3.63) is 33.8 Å². The van der Waals surface area contributed by atoms with Gasteiger partial charge in [0.15, 0.2) is 0 Å². The summed E-state index contributed by atoms with van der Waals surface area (Å²) in [6.07, 6.45) is -6.79. The molecule has 0 heterocycles. The van der Waals surface area contributed by atoms with Crippen LogP contribution in [0.5, 0.6) is 0 Å². The van der Waals surface area contributed by atoms with E-state index in [0.717, 1.165) is 0 Å². The minimum absolute atomic E-state index is 0.167. The van der Waals surface area contributed by atoms with Crippen molar-refractivity contribution < 1.29 is 27.9 Å². The monoisotopic (exact) mass is 343 g/mol. The van der Waals surface area contributed by atoms with Gasteiger partial charge in [0.1, 0.15) is 6.04 Å². The van der Waals surface area contributed by atoms with E-state index in [-0.39, 0.29) is 15.6 Å². The van der Waals surface area contributed by atoms with Crippen LogP contribution in [0, 0.1) is 0 Å². The van der Waals surface area contributed by atoms with Gasteiger partial charge in [-0.05, 0) is 17.7 Å². The number of carboxylic acid groups (broad SMARTS) is 1. The van der Waals surface area contributed by atoms with E-state index in [0.29, 0.717) is 0 Å². The number of halogens is 5. The third kappa shape index (κ3) is 5.81. The second-order valence-electron chi connectivity index (χ2n) is 4.15. The normalized spacial score (nSPS) is 12.8. The molecule has 0 bridgehead atoms. The van der Waals surface area contributed by atoms with E-state index in [4.69, 9.17) is 28.3 Å². The van der Waals surface area contributed by atoms with E-state index < -0.39 is 36.9 Å². The fraction of sp³-hybridized carbons (Fsp3) is 0.333. The lowest BCUT2D eigenvalue weighted by Gasteiger charge is -2.16. The molecule has 1 atom stereocenters. The zero-order chi connectivity index (χ0) is 16.2. The van der Waals surface area contributed by atoms with Gasteiger partial charge in [0.25, 0.3) is 0 Å². The maximum Gasteiger partial charge on any atom is 0.391 e. The summed E-state index contributed by atoms with van der Waals surface area (Å²) in [6, 6.07) is 2.40. The van der Waals surface area contributed by atoms with Crippen LogP contribution < -0.4 is 5.32 Å². The number of aliphatic carboxylic acids is 1. The number of rotatable bonds is 5. The molecule has 0 aliphatic heterocycles. The second-order valence-corrected chi connectivity index (χ2v) is 4.97. The average molecular weight is 344 g/mol. The number of alkyl halides is 3. The van der Waals surface area contributed by atoms with Gasteiger partial charge in [-0.15, -0.1) is 0 Å². The van der Waals surface area contributed by atoms with Gasteiger partial charge in [-0.2, -0.15) is 13.2 Å². The highest BCUT2D eigenvalue weighted by molar-refractivity contribution is 6.36. The molecule has 0 saturated heterocycles. The number of carbonyl (C=O) groups is 2. The van der Waals surface area contributed by atoms with Crippen molar-refractivity contribution in [2.75, 3.05) is 0 Å². The van der Waals surface area contributed by atoms with Crippen LogP contribution in [0.4, 0.5) is 13.2 Å². The van der Waals surface area contributed by atoms with Gasteiger partial charge < -0.3 is 10.4 Å². The molecule has 0 radical (unpaired) electrons. The number of benzene rings is 1. The summed E-state index contributed by atoms with van der Waals surface area (Å²) < 4.78 is 36.6.